The third-order valence-electron chi connectivity index (χ3n) is 2.61. The van der Waals surface area contributed by atoms with E-state index in [-0.39, 0.29) is 5.78 Å². The van der Waals surface area contributed by atoms with Gasteiger partial charge in [0.1, 0.15) is 5.75 Å². The van der Waals surface area contributed by atoms with Gasteiger partial charge in [-0.05, 0) is 29.7 Å². The number of rotatable bonds is 3. The molecule has 1 aliphatic heterocycles. The normalized spacial score (nSPS) is 13.8. The summed E-state index contributed by atoms with van der Waals surface area (Å²) >= 11 is 0. The summed E-state index contributed by atoms with van der Waals surface area (Å²) in [7, 11) is 0. The smallest absolute Gasteiger partial charge is 0.163 e. The molecule has 1 aliphatic rings. The monoisotopic (exact) mass is 204 g/mol. The molecular formula is C13H16O2. The fourth-order valence-corrected chi connectivity index (χ4v) is 1.85. The van der Waals surface area contributed by atoms with Gasteiger partial charge in [0.2, 0.25) is 0 Å². The van der Waals surface area contributed by atoms with Crippen LogP contribution in [0.5, 0.6) is 5.75 Å². The van der Waals surface area contributed by atoms with Crippen LogP contribution in [0.3, 0.4) is 0 Å². The second-order valence-electron chi connectivity index (χ2n) is 4.44. The van der Waals surface area contributed by atoms with Crippen LogP contribution in [0.1, 0.15) is 36.2 Å². The Hall–Kier alpha value is -1.31. The highest BCUT2D eigenvalue weighted by Gasteiger charge is 2.15. The third kappa shape index (κ3) is 2.20. The molecule has 1 aromatic rings. The van der Waals surface area contributed by atoms with Gasteiger partial charge in [-0.25, -0.2) is 0 Å². The Morgan fingerprint density at radius 1 is 1.47 bits per heavy atom. The molecule has 0 unspecified atom stereocenters. The van der Waals surface area contributed by atoms with Gasteiger partial charge in [0.15, 0.2) is 5.78 Å². The molecule has 0 bridgehead atoms. The fourth-order valence-electron chi connectivity index (χ4n) is 1.85. The third-order valence-corrected chi connectivity index (χ3v) is 2.61. The number of hydrogen-bond acceptors (Lipinski definition) is 2. The minimum atomic E-state index is 0.236. The van der Waals surface area contributed by atoms with Gasteiger partial charge in [0.05, 0.1) is 6.61 Å². The Kier molecular flexibility index (Phi) is 2.76. The van der Waals surface area contributed by atoms with Crippen LogP contribution in [-0.2, 0) is 6.42 Å². The SMILES string of the molecule is CC(C)CC(=O)c1ccc2c(c1)CCO2. The van der Waals surface area contributed by atoms with Crippen molar-refractivity contribution in [3.8, 4) is 5.75 Å². The lowest BCUT2D eigenvalue weighted by Gasteiger charge is -2.05. The standard InChI is InChI=1S/C13H16O2/c1-9(2)7-12(14)10-3-4-13-11(8-10)5-6-15-13/h3-4,8-9H,5-7H2,1-2H3. The molecule has 0 aromatic heterocycles. The van der Waals surface area contributed by atoms with Gasteiger partial charge in [0.25, 0.3) is 0 Å². The van der Waals surface area contributed by atoms with Crippen LogP contribution in [0.4, 0.5) is 0 Å². The number of benzene rings is 1. The lowest BCUT2D eigenvalue weighted by Crippen LogP contribution is -2.03. The van der Waals surface area contributed by atoms with E-state index in [4.69, 9.17) is 4.74 Å². The number of ether oxygens (including phenoxy) is 1. The summed E-state index contributed by atoms with van der Waals surface area (Å²) < 4.78 is 5.40. The molecule has 0 N–H and O–H groups in total. The second-order valence-corrected chi connectivity index (χ2v) is 4.44. The van der Waals surface area contributed by atoms with Gasteiger partial charge < -0.3 is 4.74 Å². The molecule has 0 amide bonds. The molecule has 15 heavy (non-hydrogen) atoms. The van der Waals surface area contributed by atoms with Crippen molar-refractivity contribution in [1.82, 2.24) is 0 Å². The fraction of sp³-hybridized carbons (Fsp3) is 0.462. The molecule has 0 atom stereocenters. The minimum Gasteiger partial charge on any atom is -0.493 e. The van der Waals surface area contributed by atoms with E-state index in [0.717, 1.165) is 24.3 Å². The van der Waals surface area contributed by atoms with E-state index in [9.17, 15) is 4.79 Å². The zero-order chi connectivity index (χ0) is 10.8. The van der Waals surface area contributed by atoms with E-state index in [0.29, 0.717) is 12.3 Å². The van der Waals surface area contributed by atoms with Crippen LogP contribution in [0, 0.1) is 5.92 Å². The number of Topliss-reactive ketones (excluding diaryl/α,β-unsaturated/α-hetero) is 1. The average Bonchev–Trinajstić information content (AvgIpc) is 2.62. The lowest BCUT2D eigenvalue weighted by atomic mass is 9.99. The maximum absolute atomic E-state index is 11.8. The predicted molar refractivity (Wildman–Crippen MR) is 59.4 cm³/mol. The molecule has 0 spiro atoms. The lowest BCUT2D eigenvalue weighted by molar-refractivity contribution is 0.0968. The van der Waals surface area contributed by atoms with Gasteiger partial charge in [-0.2, -0.15) is 0 Å². The van der Waals surface area contributed by atoms with Crippen molar-refractivity contribution in [2.24, 2.45) is 5.92 Å². The molecular weight excluding hydrogens is 188 g/mol. The van der Waals surface area contributed by atoms with Crippen molar-refractivity contribution >= 4 is 5.78 Å². The van der Waals surface area contributed by atoms with E-state index in [1.165, 1.54) is 5.56 Å². The van der Waals surface area contributed by atoms with E-state index < -0.39 is 0 Å². The molecule has 1 aromatic carbocycles. The van der Waals surface area contributed by atoms with E-state index in [1.54, 1.807) is 0 Å². The molecule has 80 valence electrons. The number of carbonyl (C=O) groups is 1. The quantitative estimate of drug-likeness (QED) is 0.708. The summed E-state index contributed by atoms with van der Waals surface area (Å²) in [6.07, 6.45) is 1.55. The summed E-state index contributed by atoms with van der Waals surface area (Å²) in [5, 5.41) is 0. The van der Waals surface area contributed by atoms with Crippen molar-refractivity contribution in [2.45, 2.75) is 26.7 Å². The van der Waals surface area contributed by atoms with E-state index in [2.05, 4.69) is 13.8 Å². The largest absolute Gasteiger partial charge is 0.493 e. The van der Waals surface area contributed by atoms with Crippen molar-refractivity contribution in [3.63, 3.8) is 0 Å². The Labute approximate surface area is 90.3 Å². The van der Waals surface area contributed by atoms with Crippen LogP contribution in [0.25, 0.3) is 0 Å². The van der Waals surface area contributed by atoms with Gasteiger partial charge in [0, 0.05) is 18.4 Å². The van der Waals surface area contributed by atoms with Crippen molar-refractivity contribution in [3.05, 3.63) is 29.3 Å². The van der Waals surface area contributed by atoms with Gasteiger partial charge in [-0.1, -0.05) is 13.8 Å². The van der Waals surface area contributed by atoms with Crippen LogP contribution < -0.4 is 4.74 Å². The number of carbonyl (C=O) groups excluding carboxylic acids is 1. The Balaban J connectivity index is 2.19. The van der Waals surface area contributed by atoms with E-state index in [1.807, 2.05) is 18.2 Å². The van der Waals surface area contributed by atoms with Crippen molar-refractivity contribution in [1.29, 1.82) is 0 Å². The molecule has 0 saturated carbocycles. The molecule has 0 fully saturated rings. The summed E-state index contributed by atoms with van der Waals surface area (Å²) in [5.41, 5.74) is 2.00. The Morgan fingerprint density at radius 3 is 3.00 bits per heavy atom. The maximum Gasteiger partial charge on any atom is 0.163 e. The first-order valence-corrected chi connectivity index (χ1v) is 5.46. The first kappa shape index (κ1) is 10.2. The highest BCUT2D eigenvalue weighted by molar-refractivity contribution is 5.96. The van der Waals surface area contributed by atoms with Crippen molar-refractivity contribution < 1.29 is 9.53 Å². The number of fused-ring (bicyclic) bond motifs is 1. The van der Waals surface area contributed by atoms with Gasteiger partial charge in [-0.15, -0.1) is 0 Å². The van der Waals surface area contributed by atoms with Crippen LogP contribution in [0.15, 0.2) is 18.2 Å². The molecule has 1 heterocycles. The minimum absolute atomic E-state index is 0.236. The summed E-state index contributed by atoms with van der Waals surface area (Å²) in [6.45, 7) is 4.87. The number of hydrogen-bond donors (Lipinski definition) is 0. The van der Waals surface area contributed by atoms with Crippen molar-refractivity contribution in [2.75, 3.05) is 6.61 Å². The summed E-state index contributed by atoms with van der Waals surface area (Å²) in [6, 6.07) is 5.76. The summed E-state index contributed by atoms with van der Waals surface area (Å²) in [5.74, 6) is 1.60. The van der Waals surface area contributed by atoms with E-state index >= 15 is 0 Å². The first-order valence-electron chi connectivity index (χ1n) is 5.46. The molecule has 0 aliphatic carbocycles. The zero-order valence-corrected chi connectivity index (χ0v) is 9.25. The summed E-state index contributed by atoms with van der Waals surface area (Å²) in [4.78, 5) is 11.8. The molecule has 2 rings (SSSR count). The topological polar surface area (TPSA) is 26.3 Å². The molecule has 0 radical (unpaired) electrons. The molecule has 0 saturated heterocycles. The van der Waals surface area contributed by atoms with Gasteiger partial charge in [-0.3, -0.25) is 4.79 Å². The highest BCUT2D eigenvalue weighted by atomic mass is 16.5. The zero-order valence-electron chi connectivity index (χ0n) is 9.25. The Bertz CT molecular complexity index is 380. The number of ketones is 1. The van der Waals surface area contributed by atoms with Crippen LogP contribution in [0.2, 0.25) is 0 Å². The second kappa shape index (κ2) is 4.05. The molecule has 2 heteroatoms. The predicted octanol–water partition coefficient (Wildman–Crippen LogP) is 2.85. The maximum atomic E-state index is 11.8. The first-order chi connectivity index (χ1) is 7.16. The molecule has 2 nitrogen and oxygen atoms in total. The van der Waals surface area contributed by atoms with Gasteiger partial charge >= 0.3 is 0 Å². The Morgan fingerprint density at radius 2 is 2.27 bits per heavy atom. The van der Waals surface area contributed by atoms with Crippen LogP contribution >= 0.6 is 0 Å². The average molecular weight is 204 g/mol. The van der Waals surface area contributed by atoms with Crippen LogP contribution in [-0.4, -0.2) is 12.4 Å². The highest BCUT2D eigenvalue weighted by Crippen LogP contribution is 2.26.